The van der Waals surface area contributed by atoms with E-state index in [1.807, 2.05) is 12.1 Å². The van der Waals surface area contributed by atoms with Crippen molar-refractivity contribution in [2.75, 3.05) is 41.4 Å². The van der Waals surface area contributed by atoms with E-state index < -0.39 is 10.2 Å². The van der Waals surface area contributed by atoms with Gasteiger partial charge in [-0.05, 0) is 30.5 Å². The molecule has 0 radical (unpaired) electrons. The Kier molecular flexibility index (Phi) is 6.85. The van der Waals surface area contributed by atoms with Crippen molar-refractivity contribution in [3.05, 3.63) is 23.8 Å². The summed E-state index contributed by atoms with van der Waals surface area (Å²) in [6.45, 7) is 1.10. The van der Waals surface area contributed by atoms with Crippen molar-refractivity contribution in [3.8, 4) is 11.5 Å². The molecule has 0 aromatic heterocycles. The molecule has 0 atom stereocenters. The van der Waals surface area contributed by atoms with E-state index in [4.69, 9.17) is 9.47 Å². The van der Waals surface area contributed by atoms with Gasteiger partial charge in [0.05, 0.1) is 14.2 Å². The van der Waals surface area contributed by atoms with Crippen molar-refractivity contribution < 1.29 is 22.7 Å². The second-order valence-electron chi connectivity index (χ2n) is 6.37. The minimum Gasteiger partial charge on any atom is -0.493 e. The van der Waals surface area contributed by atoms with Crippen LogP contribution < -0.4 is 14.8 Å². The first kappa shape index (κ1) is 20.5. The van der Waals surface area contributed by atoms with Crippen LogP contribution in [0.15, 0.2) is 18.2 Å². The lowest BCUT2D eigenvalue weighted by Crippen LogP contribution is -2.46. The zero-order chi connectivity index (χ0) is 19.3. The van der Waals surface area contributed by atoms with Gasteiger partial charge in [-0.3, -0.25) is 4.79 Å². The average Bonchev–Trinajstić information content (AvgIpc) is 2.65. The van der Waals surface area contributed by atoms with Crippen molar-refractivity contribution in [1.82, 2.24) is 13.9 Å². The lowest BCUT2D eigenvalue weighted by atomic mass is 9.97. The zero-order valence-electron chi connectivity index (χ0n) is 15.7. The van der Waals surface area contributed by atoms with Crippen LogP contribution in [0.25, 0.3) is 0 Å². The number of methoxy groups -OCH3 is 2. The number of nitrogens with one attached hydrogen (secondary N) is 1. The van der Waals surface area contributed by atoms with Crippen LogP contribution in [0.5, 0.6) is 11.5 Å². The molecule has 0 aliphatic carbocycles. The summed E-state index contributed by atoms with van der Waals surface area (Å²) in [5.41, 5.74) is 0.906. The van der Waals surface area contributed by atoms with Gasteiger partial charge in [-0.15, -0.1) is 0 Å². The number of carbonyl (C=O) groups is 1. The number of amides is 1. The van der Waals surface area contributed by atoms with Gasteiger partial charge >= 0.3 is 0 Å². The first-order chi connectivity index (χ1) is 12.3. The molecule has 0 bridgehead atoms. The van der Waals surface area contributed by atoms with Crippen LogP contribution in [0.2, 0.25) is 0 Å². The summed E-state index contributed by atoms with van der Waals surface area (Å²) in [5, 5.41) is 2.92. The van der Waals surface area contributed by atoms with Crippen molar-refractivity contribution in [3.63, 3.8) is 0 Å². The average molecular weight is 385 g/mol. The van der Waals surface area contributed by atoms with Gasteiger partial charge in [0.25, 0.3) is 10.2 Å². The molecule has 1 amide bonds. The maximum absolute atomic E-state index is 12.4. The Bertz CT molecular complexity index is 728. The summed E-state index contributed by atoms with van der Waals surface area (Å²) < 4.78 is 37.3. The minimum atomic E-state index is -3.41. The first-order valence-corrected chi connectivity index (χ1v) is 9.85. The Labute approximate surface area is 155 Å². The van der Waals surface area contributed by atoms with Crippen molar-refractivity contribution in [2.24, 2.45) is 5.92 Å². The third kappa shape index (κ3) is 4.66. The largest absolute Gasteiger partial charge is 0.493 e. The van der Waals surface area contributed by atoms with E-state index in [-0.39, 0.29) is 11.8 Å². The number of carbonyl (C=O) groups excluding carboxylic acids is 1. The molecule has 9 heteroatoms. The number of rotatable bonds is 7. The van der Waals surface area contributed by atoms with Crippen molar-refractivity contribution in [1.29, 1.82) is 0 Å². The highest BCUT2D eigenvalue weighted by molar-refractivity contribution is 7.86. The number of hydrogen-bond acceptors (Lipinski definition) is 5. The monoisotopic (exact) mass is 385 g/mol. The molecule has 1 aliphatic rings. The summed E-state index contributed by atoms with van der Waals surface area (Å²) >= 11 is 0. The van der Waals surface area contributed by atoms with Gasteiger partial charge < -0.3 is 14.8 Å². The molecule has 26 heavy (non-hydrogen) atoms. The third-order valence-electron chi connectivity index (χ3n) is 4.53. The van der Waals surface area contributed by atoms with E-state index in [2.05, 4.69) is 5.32 Å². The molecule has 1 aromatic carbocycles. The van der Waals surface area contributed by atoms with Crippen LogP contribution >= 0.6 is 0 Å². The van der Waals surface area contributed by atoms with Crippen LogP contribution in [-0.4, -0.2) is 64.3 Å². The topological polar surface area (TPSA) is 88.2 Å². The first-order valence-electron chi connectivity index (χ1n) is 8.45. The molecular weight excluding hydrogens is 358 g/mol. The number of nitrogens with zero attached hydrogens (tertiary/aromatic N) is 2. The number of benzene rings is 1. The van der Waals surface area contributed by atoms with Crippen LogP contribution in [0.1, 0.15) is 18.4 Å². The van der Waals surface area contributed by atoms with Gasteiger partial charge in [-0.2, -0.15) is 17.0 Å². The van der Waals surface area contributed by atoms with Crippen LogP contribution in [0.4, 0.5) is 0 Å². The van der Waals surface area contributed by atoms with Crippen LogP contribution in [0, 0.1) is 5.92 Å². The fraction of sp³-hybridized carbons (Fsp3) is 0.588. The molecule has 8 nitrogen and oxygen atoms in total. The van der Waals surface area contributed by atoms with Crippen LogP contribution in [0.3, 0.4) is 0 Å². The Morgan fingerprint density at radius 3 is 2.35 bits per heavy atom. The van der Waals surface area contributed by atoms with Gasteiger partial charge in [-0.1, -0.05) is 6.07 Å². The number of hydrogen-bond donors (Lipinski definition) is 1. The molecule has 1 saturated heterocycles. The van der Waals surface area contributed by atoms with Gasteiger partial charge in [0.1, 0.15) is 0 Å². The summed E-state index contributed by atoms with van der Waals surface area (Å²) in [5.74, 6) is 1.02. The molecule has 0 saturated carbocycles. The minimum absolute atomic E-state index is 0.0540. The lowest BCUT2D eigenvalue weighted by molar-refractivity contribution is -0.126. The van der Waals surface area contributed by atoms with Crippen molar-refractivity contribution in [2.45, 2.75) is 19.4 Å². The highest BCUT2D eigenvalue weighted by Gasteiger charge is 2.32. The Balaban J connectivity index is 1.88. The Morgan fingerprint density at radius 2 is 1.81 bits per heavy atom. The van der Waals surface area contributed by atoms with Crippen molar-refractivity contribution >= 4 is 16.1 Å². The molecule has 1 aromatic rings. The standard InChI is InChI=1S/C17H27N3O5S/c1-19(2)26(22,23)20-9-7-14(8-10-20)17(21)18-12-13-5-6-15(24-3)16(11-13)25-4/h5-6,11,14H,7-10,12H2,1-4H3,(H,18,21). The molecule has 2 rings (SSSR count). The third-order valence-corrected chi connectivity index (χ3v) is 6.47. The molecule has 0 spiro atoms. The second-order valence-corrected chi connectivity index (χ2v) is 8.51. The quantitative estimate of drug-likeness (QED) is 0.751. The second kappa shape index (κ2) is 8.70. The molecule has 1 aliphatic heterocycles. The fourth-order valence-corrected chi connectivity index (χ4v) is 4.04. The van der Waals surface area contributed by atoms with E-state index in [0.717, 1.165) is 5.56 Å². The Hall–Kier alpha value is -1.84. The Morgan fingerprint density at radius 1 is 1.19 bits per heavy atom. The molecule has 1 fully saturated rings. The predicted octanol–water partition coefficient (Wildman–Crippen LogP) is 0.838. The van der Waals surface area contributed by atoms with E-state index in [9.17, 15) is 13.2 Å². The fourth-order valence-electron chi connectivity index (χ4n) is 2.90. The van der Waals surface area contributed by atoms with Gasteiger partial charge in [0.2, 0.25) is 5.91 Å². The zero-order valence-corrected chi connectivity index (χ0v) is 16.5. The molecule has 0 unspecified atom stereocenters. The van der Waals surface area contributed by atoms with E-state index in [0.29, 0.717) is 44.0 Å². The van der Waals surface area contributed by atoms with Crippen LogP contribution in [-0.2, 0) is 21.5 Å². The molecule has 1 heterocycles. The predicted molar refractivity (Wildman–Crippen MR) is 98.3 cm³/mol. The summed E-state index contributed by atoms with van der Waals surface area (Å²) in [4.78, 5) is 12.4. The van der Waals surface area contributed by atoms with Gasteiger partial charge in [0.15, 0.2) is 11.5 Å². The highest BCUT2D eigenvalue weighted by Crippen LogP contribution is 2.27. The molecular formula is C17H27N3O5S. The van der Waals surface area contributed by atoms with E-state index in [1.165, 1.54) is 22.7 Å². The summed E-state index contributed by atoms with van der Waals surface area (Å²) in [6, 6.07) is 5.49. The number of ether oxygens (including phenoxy) is 2. The maximum Gasteiger partial charge on any atom is 0.281 e. The normalized spacial score (nSPS) is 16.5. The van der Waals surface area contributed by atoms with Gasteiger partial charge in [-0.25, -0.2) is 0 Å². The molecule has 146 valence electrons. The summed E-state index contributed by atoms with van der Waals surface area (Å²) in [6.07, 6.45) is 1.04. The maximum atomic E-state index is 12.4. The molecule has 1 N–H and O–H groups in total. The lowest BCUT2D eigenvalue weighted by Gasteiger charge is -2.32. The van der Waals surface area contributed by atoms with E-state index in [1.54, 1.807) is 20.3 Å². The number of piperidine rings is 1. The SMILES string of the molecule is COc1ccc(CNC(=O)C2CCN(S(=O)(=O)N(C)C)CC2)cc1OC. The smallest absolute Gasteiger partial charge is 0.281 e. The van der Waals surface area contributed by atoms with Gasteiger partial charge in [0, 0.05) is 39.6 Å². The van der Waals surface area contributed by atoms with E-state index >= 15 is 0 Å². The summed E-state index contributed by atoms with van der Waals surface area (Å²) in [7, 11) is 2.75. The highest BCUT2D eigenvalue weighted by atomic mass is 32.2.